The van der Waals surface area contributed by atoms with Crippen molar-refractivity contribution in [3.8, 4) is 0 Å². The van der Waals surface area contributed by atoms with Crippen LogP contribution >= 0.6 is 11.6 Å². The zero-order valence-corrected chi connectivity index (χ0v) is 18.5. The molecule has 1 fully saturated rings. The summed E-state index contributed by atoms with van der Waals surface area (Å²) in [5.74, 6) is -1.57. The first kappa shape index (κ1) is 23.1. The van der Waals surface area contributed by atoms with E-state index in [0.29, 0.717) is 23.4 Å². The van der Waals surface area contributed by atoms with E-state index in [9.17, 15) is 14.4 Å². The van der Waals surface area contributed by atoms with Gasteiger partial charge in [0, 0.05) is 15.5 Å². The van der Waals surface area contributed by atoms with Gasteiger partial charge in [0.05, 0.1) is 31.0 Å². The van der Waals surface area contributed by atoms with Gasteiger partial charge in [-0.3, -0.25) is 4.79 Å². The quantitative estimate of drug-likeness (QED) is 0.257. The highest BCUT2D eigenvalue weighted by atomic mass is 35.5. The van der Waals surface area contributed by atoms with Gasteiger partial charge >= 0.3 is 11.9 Å². The van der Waals surface area contributed by atoms with Crippen molar-refractivity contribution in [2.75, 3.05) is 14.2 Å². The number of methoxy groups -OCH3 is 2. The number of benzene rings is 2. The first-order valence-corrected chi connectivity index (χ1v) is 10.1. The maximum absolute atomic E-state index is 13.7. The van der Waals surface area contributed by atoms with E-state index in [1.165, 1.54) is 37.3 Å². The molecule has 1 atom stereocenters. The molecule has 0 saturated heterocycles. The molecule has 0 aromatic heterocycles. The number of rotatable bonds is 7. The van der Waals surface area contributed by atoms with Crippen LogP contribution in [0.15, 0.2) is 47.6 Å². The van der Waals surface area contributed by atoms with Gasteiger partial charge in [0.15, 0.2) is 0 Å². The van der Waals surface area contributed by atoms with Gasteiger partial charge in [-0.05, 0) is 61.2 Å². The van der Waals surface area contributed by atoms with E-state index < -0.39 is 29.4 Å². The zero-order chi connectivity index (χ0) is 23.5. The lowest BCUT2D eigenvalue weighted by atomic mass is 9.97. The topological polar surface area (TPSA) is 122 Å². The standard InChI is InChI=1S/C22H21ClN4O5/c1-13(20(29)31-2)27(19(28)17-9-8-16(23)12-18(17)25-26-24)22(10-11-22)15-6-4-14(5-7-15)21(30)32-3/h4-9,12-13H,10-11H2,1-3H3. The summed E-state index contributed by atoms with van der Waals surface area (Å²) in [6, 6.07) is 10.1. The molecule has 0 heterocycles. The summed E-state index contributed by atoms with van der Waals surface area (Å²) in [7, 11) is 2.55. The number of hydrogen-bond acceptors (Lipinski definition) is 6. The summed E-state index contributed by atoms with van der Waals surface area (Å²) in [4.78, 5) is 42.2. The van der Waals surface area contributed by atoms with Crippen LogP contribution in [-0.4, -0.2) is 43.0 Å². The average Bonchev–Trinajstić information content (AvgIpc) is 3.60. The minimum atomic E-state index is -0.926. The summed E-state index contributed by atoms with van der Waals surface area (Å²) >= 11 is 6.00. The van der Waals surface area contributed by atoms with Gasteiger partial charge in [0.1, 0.15) is 6.04 Å². The molecule has 1 saturated carbocycles. The Hall–Kier alpha value is -3.55. The highest BCUT2D eigenvalue weighted by Crippen LogP contribution is 2.53. The predicted octanol–water partition coefficient (Wildman–Crippen LogP) is 4.76. The lowest BCUT2D eigenvalue weighted by Gasteiger charge is -2.36. The van der Waals surface area contributed by atoms with Crippen LogP contribution in [0, 0.1) is 0 Å². The van der Waals surface area contributed by atoms with Crippen LogP contribution in [0.3, 0.4) is 0 Å². The highest BCUT2D eigenvalue weighted by molar-refractivity contribution is 6.31. The Labute approximate surface area is 189 Å². The molecule has 0 spiro atoms. The van der Waals surface area contributed by atoms with E-state index in [0.717, 1.165) is 5.56 Å². The molecule has 9 nitrogen and oxygen atoms in total. The van der Waals surface area contributed by atoms with Crippen molar-refractivity contribution in [2.24, 2.45) is 5.11 Å². The van der Waals surface area contributed by atoms with E-state index in [4.69, 9.17) is 26.6 Å². The van der Waals surface area contributed by atoms with Crippen LogP contribution < -0.4 is 0 Å². The minimum Gasteiger partial charge on any atom is -0.467 e. The van der Waals surface area contributed by atoms with E-state index >= 15 is 0 Å². The number of halogens is 1. The highest BCUT2D eigenvalue weighted by Gasteiger charge is 2.54. The van der Waals surface area contributed by atoms with Crippen LogP contribution in [-0.2, 0) is 19.8 Å². The summed E-state index contributed by atoms with van der Waals surface area (Å²) in [5, 5.41) is 3.89. The number of amides is 1. The lowest BCUT2D eigenvalue weighted by Crippen LogP contribution is -2.50. The van der Waals surface area contributed by atoms with Gasteiger partial charge in [-0.2, -0.15) is 0 Å². The van der Waals surface area contributed by atoms with Crippen LogP contribution in [0.25, 0.3) is 10.4 Å². The van der Waals surface area contributed by atoms with Crippen molar-refractivity contribution in [2.45, 2.75) is 31.3 Å². The van der Waals surface area contributed by atoms with Crippen LogP contribution in [0.5, 0.6) is 0 Å². The third-order valence-electron chi connectivity index (χ3n) is 5.52. The molecule has 166 valence electrons. The van der Waals surface area contributed by atoms with E-state index in [-0.39, 0.29) is 11.3 Å². The second kappa shape index (κ2) is 9.30. The molecule has 1 amide bonds. The van der Waals surface area contributed by atoms with E-state index in [2.05, 4.69) is 10.0 Å². The fourth-order valence-corrected chi connectivity index (χ4v) is 3.95. The average molecular weight is 457 g/mol. The van der Waals surface area contributed by atoms with Gasteiger partial charge < -0.3 is 14.4 Å². The fourth-order valence-electron chi connectivity index (χ4n) is 3.78. The molecule has 1 unspecified atom stereocenters. The molecule has 1 aliphatic rings. The van der Waals surface area contributed by atoms with Gasteiger partial charge in [-0.15, -0.1) is 0 Å². The summed E-state index contributed by atoms with van der Waals surface area (Å²) in [6.45, 7) is 1.58. The Bertz CT molecular complexity index is 1110. The third-order valence-corrected chi connectivity index (χ3v) is 5.75. The zero-order valence-electron chi connectivity index (χ0n) is 17.7. The van der Waals surface area contributed by atoms with Crippen molar-refractivity contribution in [3.05, 3.63) is 74.6 Å². The van der Waals surface area contributed by atoms with Crippen molar-refractivity contribution in [3.63, 3.8) is 0 Å². The smallest absolute Gasteiger partial charge is 0.337 e. The number of hydrogen-bond donors (Lipinski definition) is 0. The maximum Gasteiger partial charge on any atom is 0.337 e. The maximum atomic E-state index is 13.7. The number of azide groups is 1. The molecule has 0 radical (unpaired) electrons. The van der Waals surface area contributed by atoms with Crippen molar-refractivity contribution < 1.29 is 23.9 Å². The van der Waals surface area contributed by atoms with E-state index in [1.807, 2.05) is 0 Å². The molecule has 0 bridgehead atoms. The summed E-state index contributed by atoms with van der Waals surface area (Å²) in [5.41, 5.74) is 9.42. The normalized spacial score (nSPS) is 14.5. The fraction of sp³-hybridized carbons (Fsp3) is 0.318. The first-order valence-electron chi connectivity index (χ1n) is 9.74. The first-order chi connectivity index (χ1) is 15.3. The Morgan fingerprint density at radius 3 is 2.31 bits per heavy atom. The summed E-state index contributed by atoms with van der Waals surface area (Å²) in [6.07, 6.45) is 1.20. The minimum absolute atomic E-state index is 0.0592. The molecule has 1 aliphatic carbocycles. The number of nitrogens with zero attached hydrogens (tertiary/aromatic N) is 4. The second-order valence-electron chi connectivity index (χ2n) is 7.33. The van der Waals surface area contributed by atoms with Gasteiger partial charge in [0.2, 0.25) is 0 Å². The van der Waals surface area contributed by atoms with Gasteiger partial charge in [0.25, 0.3) is 5.91 Å². The van der Waals surface area contributed by atoms with E-state index in [1.54, 1.807) is 31.2 Å². The lowest BCUT2D eigenvalue weighted by molar-refractivity contribution is -0.146. The number of carbonyl (C=O) groups excluding carboxylic acids is 3. The van der Waals surface area contributed by atoms with Crippen molar-refractivity contribution in [1.82, 2.24) is 4.90 Å². The molecular weight excluding hydrogens is 436 g/mol. The van der Waals surface area contributed by atoms with Crippen molar-refractivity contribution >= 4 is 35.1 Å². The Balaban J connectivity index is 2.10. The molecule has 32 heavy (non-hydrogen) atoms. The molecule has 2 aromatic carbocycles. The largest absolute Gasteiger partial charge is 0.467 e. The van der Waals surface area contributed by atoms with Gasteiger partial charge in [-0.25, -0.2) is 9.59 Å². The van der Waals surface area contributed by atoms with Crippen LogP contribution in [0.2, 0.25) is 5.02 Å². The second-order valence-corrected chi connectivity index (χ2v) is 7.76. The summed E-state index contributed by atoms with van der Waals surface area (Å²) < 4.78 is 9.64. The van der Waals surface area contributed by atoms with Crippen LogP contribution in [0.1, 0.15) is 46.0 Å². The Kier molecular flexibility index (Phi) is 6.72. The number of ether oxygens (including phenoxy) is 2. The predicted molar refractivity (Wildman–Crippen MR) is 117 cm³/mol. The van der Waals surface area contributed by atoms with Crippen molar-refractivity contribution in [1.29, 1.82) is 0 Å². The monoisotopic (exact) mass is 456 g/mol. The SMILES string of the molecule is COC(=O)c1ccc(C2(N(C(=O)c3ccc(Cl)cc3N=[N+]=[N-])C(C)C(=O)OC)CC2)cc1. The number of carbonyl (C=O) groups is 3. The Morgan fingerprint density at radius 1 is 1.12 bits per heavy atom. The molecule has 3 rings (SSSR count). The van der Waals surface area contributed by atoms with Gasteiger partial charge in [-0.1, -0.05) is 28.8 Å². The number of esters is 2. The molecule has 10 heteroatoms. The Morgan fingerprint density at radius 2 is 1.78 bits per heavy atom. The molecule has 2 aromatic rings. The third kappa shape index (κ3) is 4.26. The molecule has 0 aliphatic heterocycles. The van der Waals surface area contributed by atoms with Crippen LogP contribution in [0.4, 0.5) is 5.69 Å². The molecule has 0 N–H and O–H groups in total. The molecular formula is C22H21ClN4O5.